The summed E-state index contributed by atoms with van der Waals surface area (Å²) in [4.78, 5) is 10.4. The van der Waals surface area contributed by atoms with Gasteiger partial charge >= 0.3 is 5.69 Å². The summed E-state index contributed by atoms with van der Waals surface area (Å²) >= 11 is 0. The van der Waals surface area contributed by atoms with Crippen LogP contribution in [0.4, 0.5) is 5.69 Å². The van der Waals surface area contributed by atoms with Gasteiger partial charge in [-0.3, -0.25) is 10.1 Å². The number of aryl methyl sites for hydroxylation is 1. The topological polar surface area (TPSA) is 84.6 Å². The SMILES string of the molecule is Cc1ccc(OCC(O)CNCC(C)C)c([N+](=O)[O-])c1. The number of aliphatic hydroxyl groups is 1. The molecule has 2 N–H and O–H groups in total. The molecule has 6 nitrogen and oxygen atoms in total. The summed E-state index contributed by atoms with van der Waals surface area (Å²) in [5.41, 5.74) is 0.718. The predicted octanol–water partition coefficient (Wildman–Crippen LogP) is 1.89. The van der Waals surface area contributed by atoms with Gasteiger partial charge in [-0.25, -0.2) is 0 Å². The molecule has 0 amide bonds. The minimum atomic E-state index is -0.699. The van der Waals surface area contributed by atoms with E-state index >= 15 is 0 Å². The van der Waals surface area contributed by atoms with Gasteiger partial charge in [-0.05, 0) is 31.0 Å². The van der Waals surface area contributed by atoms with Gasteiger partial charge in [0.25, 0.3) is 0 Å². The van der Waals surface area contributed by atoms with E-state index in [9.17, 15) is 15.2 Å². The summed E-state index contributed by atoms with van der Waals surface area (Å²) in [5.74, 6) is 0.685. The Labute approximate surface area is 118 Å². The van der Waals surface area contributed by atoms with E-state index < -0.39 is 11.0 Å². The first-order valence-electron chi connectivity index (χ1n) is 6.66. The van der Waals surface area contributed by atoms with Crippen molar-refractivity contribution >= 4 is 5.69 Å². The van der Waals surface area contributed by atoms with Crippen molar-refractivity contribution in [2.45, 2.75) is 26.9 Å². The molecule has 0 aromatic heterocycles. The number of nitro groups is 1. The molecule has 6 heteroatoms. The fraction of sp³-hybridized carbons (Fsp3) is 0.571. The van der Waals surface area contributed by atoms with Crippen LogP contribution in [-0.2, 0) is 0 Å². The Hall–Kier alpha value is -1.66. The quantitative estimate of drug-likeness (QED) is 0.562. The van der Waals surface area contributed by atoms with Crippen LogP contribution in [0.1, 0.15) is 19.4 Å². The maximum absolute atomic E-state index is 10.9. The van der Waals surface area contributed by atoms with E-state index in [0.717, 1.165) is 12.1 Å². The summed E-state index contributed by atoms with van der Waals surface area (Å²) in [7, 11) is 0. The van der Waals surface area contributed by atoms with Crippen molar-refractivity contribution in [3.8, 4) is 5.75 Å². The van der Waals surface area contributed by atoms with Gasteiger partial charge in [0.15, 0.2) is 5.75 Å². The zero-order chi connectivity index (χ0) is 15.1. The largest absolute Gasteiger partial charge is 0.484 e. The Balaban J connectivity index is 2.51. The second kappa shape index (κ2) is 7.81. The molecule has 0 aliphatic heterocycles. The van der Waals surface area contributed by atoms with Crippen LogP contribution in [0.15, 0.2) is 18.2 Å². The van der Waals surface area contributed by atoms with Crippen molar-refractivity contribution in [3.05, 3.63) is 33.9 Å². The zero-order valence-corrected chi connectivity index (χ0v) is 12.1. The zero-order valence-electron chi connectivity index (χ0n) is 12.1. The first-order chi connectivity index (χ1) is 9.40. The van der Waals surface area contributed by atoms with Crippen LogP contribution in [-0.4, -0.2) is 35.8 Å². The van der Waals surface area contributed by atoms with Gasteiger partial charge < -0.3 is 15.2 Å². The molecule has 112 valence electrons. The molecule has 0 fully saturated rings. The highest BCUT2D eigenvalue weighted by molar-refractivity contribution is 5.48. The second-order valence-corrected chi connectivity index (χ2v) is 5.25. The van der Waals surface area contributed by atoms with Gasteiger partial charge in [0.05, 0.1) is 4.92 Å². The number of nitro benzene ring substituents is 1. The molecule has 0 spiro atoms. The number of rotatable bonds is 8. The number of ether oxygens (including phenoxy) is 1. The predicted molar refractivity (Wildman–Crippen MR) is 77.0 cm³/mol. The van der Waals surface area contributed by atoms with E-state index in [0.29, 0.717) is 12.5 Å². The first kappa shape index (κ1) is 16.4. The summed E-state index contributed by atoms with van der Waals surface area (Å²) in [6, 6.07) is 4.76. The van der Waals surface area contributed by atoms with E-state index in [1.807, 2.05) is 0 Å². The monoisotopic (exact) mass is 282 g/mol. The van der Waals surface area contributed by atoms with Crippen molar-refractivity contribution < 1.29 is 14.8 Å². The highest BCUT2D eigenvalue weighted by Crippen LogP contribution is 2.27. The number of nitrogens with zero attached hydrogens (tertiary/aromatic N) is 1. The molecule has 0 bridgehead atoms. The molecule has 0 aliphatic carbocycles. The molecular weight excluding hydrogens is 260 g/mol. The van der Waals surface area contributed by atoms with Gasteiger partial charge in [-0.1, -0.05) is 19.9 Å². The Morgan fingerprint density at radius 3 is 2.70 bits per heavy atom. The van der Waals surface area contributed by atoms with Gasteiger partial charge in [0.2, 0.25) is 0 Å². The first-order valence-corrected chi connectivity index (χ1v) is 6.66. The van der Waals surface area contributed by atoms with Gasteiger partial charge in [-0.15, -0.1) is 0 Å². The maximum atomic E-state index is 10.9. The van der Waals surface area contributed by atoms with Crippen molar-refractivity contribution in [2.24, 2.45) is 5.92 Å². The van der Waals surface area contributed by atoms with Crippen LogP contribution in [0, 0.1) is 23.0 Å². The van der Waals surface area contributed by atoms with E-state index in [1.165, 1.54) is 6.07 Å². The van der Waals surface area contributed by atoms with Crippen LogP contribution in [0.3, 0.4) is 0 Å². The molecule has 0 radical (unpaired) electrons. The van der Waals surface area contributed by atoms with Gasteiger partial charge in [-0.2, -0.15) is 0 Å². The number of benzene rings is 1. The van der Waals surface area contributed by atoms with E-state index in [4.69, 9.17) is 4.74 Å². The van der Waals surface area contributed by atoms with Crippen molar-refractivity contribution in [1.29, 1.82) is 0 Å². The normalized spacial score (nSPS) is 12.4. The lowest BCUT2D eigenvalue weighted by Crippen LogP contribution is -2.33. The second-order valence-electron chi connectivity index (χ2n) is 5.25. The van der Waals surface area contributed by atoms with Crippen LogP contribution < -0.4 is 10.1 Å². The lowest BCUT2D eigenvalue weighted by Gasteiger charge is -2.14. The highest BCUT2D eigenvalue weighted by atomic mass is 16.6. The Bertz CT molecular complexity index is 449. The smallest absolute Gasteiger partial charge is 0.311 e. The third-order valence-corrected chi connectivity index (χ3v) is 2.67. The van der Waals surface area contributed by atoms with Crippen LogP contribution in [0.2, 0.25) is 0 Å². The molecule has 0 saturated carbocycles. The van der Waals surface area contributed by atoms with Crippen LogP contribution in [0.25, 0.3) is 0 Å². The molecule has 1 aromatic rings. The summed E-state index contributed by atoms with van der Waals surface area (Å²) in [6.07, 6.45) is -0.699. The summed E-state index contributed by atoms with van der Waals surface area (Å²) in [6.45, 7) is 7.16. The average Bonchev–Trinajstić information content (AvgIpc) is 2.36. The number of hydrogen-bond donors (Lipinski definition) is 2. The minimum absolute atomic E-state index is 0.0228. The molecule has 20 heavy (non-hydrogen) atoms. The average molecular weight is 282 g/mol. The highest BCUT2D eigenvalue weighted by Gasteiger charge is 2.16. The van der Waals surface area contributed by atoms with Crippen molar-refractivity contribution in [3.63, 3.8) is 0 Å². The molecule has 0 aliphatic rings. The number of nitrogens with one attached hydrogen (secondary N) is 1. The van der Waals surface area contributed by atoms with Crippen molar-refractivity contribution in [1.82, 2.24) is 5.32 Å². The van der Waals surface area contributed by atoms with Crippen molar-refractivity contribution in [2.75, 3.05) is 19.7 Å². The fourth-order valence-electron chi connectivity index (χ4n) is 1.68. The van der Waals surface area contributed by atoms with E-state index in [2.05, 4.69) is 19.2 Å². The van der Waals surface area contributed by atoms with Crippen LogP contribution in [0.5, 0.6) is 5.75 Å². The Morgan fingerprint density at radius 1 is 1.40 bits per heavy atom. The third kappa shape index (κ3) is 5.54. The molecule has 1 atom stereocenters. The lowest BCUT2D eigenvalue weighted by atomic mass is 10.2. The van der Waals surface area contributed by atoms with E-state index in [-0.39, 0.29) is 18.0 Å². The third-order valence-electron chi connectivity index (χ3n) is 2.67. The molecule has 0 saturated heterocycles. The fourth-order valence-corrected chi connectivity index (χ4v) is 1.68. The maximum Gasteiger partial charge on any atom is 0.311 e. The Kier molecular flexibility index (Phi) is 6.41. The number of aliphatic hydroxyl groups excluding tert-OH is 1. The molecule has 0 heterocycles. The molecule has 1 aromatic carbocycles. The van der Waals surface area contributed by atoms with Crippen LogP contribution >= 0.6 is 0 Å². The van der Waals surface area contributed by atoms with Gasteiger partial charge in [0.1, 0.15) is 12.7 Å². The minimum Gasteiger partial charge on any atom is -0.484 e. The Morgan fingerprint density at radius 2 is 2.10 bits per heavy atom. The molecule has 1 unspecified atom stereocenters. The number of hydrogen-bond acceptors (Lipinski definition) is 5. The summed E-state index contributed by atoms with van der Waals surface area (Å²) in [5, 5.41) is 23.8. The van der Waals surface area contributed by atoms with E-state index in [1.54, 1.807) is 19.1 Å². The lowest BCUT2D eigenvalue weighted by molar-refractivity contribution is -0.386. The standard InChI is InChI=1S/C14H22N2O4/c1-10(2)7-15-8-12(17)9-20-14-5-4-11(3)6-13(14)16(18)19/h4-6,10,12,15,17H,7-9H2,1-3H3. The van der Waals surface area contributed by atoms with Gasteiger partial charge in [0, 0.05) is 12.6 Å². The molecule has 1 rings (SSSR count). The molecular formula is C14H22N2O4. The summed E-state index contributed by atoms with van der Waals surface area (Å²) < 4.78 is 5.34.